The third-order valence-electron chi connectivity index (χ3n) is 3.68. The SMILES string of the molecule is Cc1nc([C@H]2CCCN2S(=O)(=O)c2cn(C)cn2)cc(=O)[nH]1. The van der Waals surface area contributed by atoms with E-state index in [9.17, 15) is 13.2 Å². The van der Waals surface area contributed by atoms with E-state index < -0.39 is 16.1 Å². The molecular formula is C13H17N5O3S. The Bertz CT molecular complexity index is 855. The Hall–Kier alpha value is -2.00. The predicted octanol–water partition coefficient (Wildman–Crippen LogP) is 0.338. The Kier molecular flexibility index (Phi) is 3.61. The lowest BCUT2D eigenvalue weighted by Crippen LogP contribution is -2.32. The van der Waals surface area contributed by atoms with Gasteiger partial charge in [-0.2, -0.15) is 4.31 Å². The van der Waals surface area contributed by atoms with E-state index in [0.29, 0.717) is 24.5 Å². The summed E-state index contributed by atoms with van der Waals surface area (Å²) in [5.41, 5.74) is 0.211. The second kappa shape index (κ2) is 5.33. The van der Waals surface area contributed by atoms with Crippen LogP contribution in [0.3, 0.4) is 0 Å². The largest absolute Gasteiger partial charge is 0.339 e. The molecule has 0 bridgehead atoms. The number of hydrogen-bond acceptors (Lipinski definition) is 5. The first-order chi connectivity index (χ1) is 10.4. The third-order valence-corrected chi connectivity index (χ3v) is 5.47. The van der Waals surface area contributed by atoms with Crippen LogP contribution in [0.1, 0.15) is 30.4 Å². The third kappa shape index (κ3) is 2.57. The van der Waals surface area contributed by atoms with Crippen LogP contribution in [-0.4, -0.2) is 38.8 Å². The summed E-state index contributed by atoms with van der Waals surface area (Å²) in [4.78, 5) is 22.4. The van der Waals surface area contributed by atoms with Gasteiger partial charge in [-0.3, -0.25) is 4.79 Å². The van der Waals surface area contributed by atoms with E-state index in [2.05, 4.69) is 15.0 Å². The summed E-state index contributed by atoms with van der Waals surface area (Å²) in [7, 11) is -1.97. The first-order valence-electron chi connectivity index (χ1n) is 6.95. The first kappa shape index (κ1) is 14.9. The second-order valence-electron chi connectivity index (χ2n) is 5.41. The van der Waals surface area contributed by atoms with Crippen molar-refractivity contribution in [3.8, 4) is 0 Å². The van der Waals surface area contributed by atoms with Gasteiger partial charge in [0.15, 0.2) is 5.03 Å². The van der Waals surface area contributed by atoms with Gasteiger partial charge in [0.25, 0.3) is 15.6 Å². The highest BCUT2D eigenvalue weighted by molar-refractivity contribution is 7.89. The van der Waals surface area contributed by atoms with Gasteiger partial charge in [0, 0.05) is 25.9 Å². The molecule has 22 heavy (non-hydrogen) atoms. The Morgan fingerprint density at radius 3 is 2.82 bits per heavy atom. The smallest absolute Gasteiger partial charge is 0.262 e. The van der Waals surface area contributed by atoms with Gasteiger partial charge in [-0.25, -0.2) is 18.4 Å². The molecule has 9 heteroatoms. The Morgan fingerprint density at radius 2 is 2.18 bits per heavy atom. The monoisotopic (exact) mass is 323 g/mol. The molecule has 1 N–H and O–H groups in total. The molecule has 0 amide bonds. The van der Waals surface area contributed by atoms with E-state index >= 15 is 0 Å². The molecule has 0 aromatic carbocycles. The molecule has 3 heterocycles. The van der Waals surface area contributed by atoms with E-state index in [1.54, 1.807) is 18.5 Å². The predicted molar refractivity (Wildman–Crippen MR) is 78.7 cm³/mol. The molecule has 8 nitrogen and oxygen atoms in total. The molecule has 118 valence electrons. The molecule has 2 aromatic rings. The highest BCUT2D eigenvalue weighted by Crippen LogP contribution is 2.34. The number of imidazole rings is 1. The lowest BCUT2D eigenvalue weighted by Gasteiger charge is -2.22. The van der Waals surface area contributed by atoms with Crippen LogP contribution in [-0.2, 0) is 17.1 Å². The molecule has 1 saturated heterocycles. The van der Waals surface area contributed by atoms with E-state index in [4.69, 9.17) is 0 Å². The molecule has 0 saturated carbocycles. The Labute approximate surface area is 127 Å². The number of hydrogen-bond donors (Lipinski definition) is 1. The second-order valence-corrected chi connectivity index (χ2v) is 7.24. The van der Waals surface area contributed by atoms with Gasteiger partial charge >= 0.3 is 0 Å². The van der Waals surface area contributed by atoms with Crippen molar-refractivity contribution >= 4 is 10.0 Å². The quantitative estimate of drug-likeness (QED) is 0.877. The molecule has 3 rings (SSSR count). The number of aromatic amines is 1. The van der Waals surface area contributed by atoms with Gasteiger partial charge in [-0.1, -0.05) is 0 Å². The Balaban J connectivity index is 2.01. The fourth-order valence-corrected chi connectivity index (χ4v) is 4.38. The summed E-state index contributed by atoms with van der Waals surface area (Å²) in [6.45, 7) is 2.08. The summed E-state index contributed by atoms with van der Waals surface area (Å²) in [5, 5.41) is 0.0171. The molecule has 1 aliphatic rings. The summed E-state index contributed by atoms with van der Waals surface area (Å²) in [5.74, 6) is 0.476. The average Bonchev–Trinajstić information content (AvgIpc) is 3.06. The van der Waals surface area contributed by atoms with Crippen LogP contribution in [0.2, 0.25) is 0 Å². The van der Waals surface area contributed by atoms with Crippen LogP contribution in [0.25, 0.3) is 0 Å². The fourth-order valence-electron chi connectivity index (χ4n) is 2.74. The molecular weight excluding hydrogens is 306 g/mol. The first-order valence-corrected chi connectivity index (χ1v) is 8.39. The minimum atomic E-state index is -3.69. The van der Waals surface area contributed by atoms with Gasteiger partial charge < -0.3 is 9.55 Å². The van der Waals surface area contributed by atoms with Crippen molar-refractivity contribution in [2.24, 2.45) is 7.05 Å². The van der Waals surface area contributed by atoms with Crippen LogP contribution >= 0.6 is 0 Å². The minimum Gasteiger partial charge on any atom is -0.339 e. The van der Waals surface area contributed by atoms with Crippen molar-refractivity contribution in [1.29, 1.82) is 0 Å². The molecule has 2 aromatic heterocycles. The number of nitrogens with one attached hydrogen (secondary N) is 1. The average molecular weight is 323 g/mol. The minimum absolute atomic E-state index is 0.0171. The van der Waals surface area contributed by atoms with Crippen molar-refractivity contribution in [3.63, 3.8) is 0 Å². The highest BCUT2D eigenvalue weighted by atomic mass is 32.2. The number of aryl methyl sites for hydroxylation is 2. The lowest BCUT2D eigenvalue weighted by molar-refractivity contribution is 0.388. The summed E-state index contributed by atoms with van der Waals surface area (Å²) < 4.78 is 28.5. The van der Waals surface area contributed by atoms with Gasteiger partial charge in [0.1, 0.15) is 5.82 Å². The van der Waals surface area contributed by atoms with Gasteiger partial charge in [-0.15, -0.1) is 0 Å². The van der Waals surface area contributed by atoms with Crippen molar-refractivity contribution in [2.45, 2.75) is 30.8 Å². The van der Waals surface area contributed by atoms with Crippen LogP contribution in [0, 0.1) is 6.92 Å². The number of sulfonamides is 1. The molecule has 0 spiro atoms. The zero-order valence-electron chi connectivity index (χ0n) is 12.4. The molecule has 0 aliphatic carbocycles. The summed E-state index contributed by atoms with van der Waals surface area (Å²) in [6.07, 6.45) is 4.29. The van der Waals surface area contributed by atoms with E-state index in [1.165, 1.54) is 22.9 Å². The molecule has 1 fully saturated rings. The fraction of sp³-hybridized carbons (Fsp3) is 0.462. The number of aromatic nitrogens is 4. The van der Waals surface area contributed by atoms with E-state index in [0.717, 1.165) is 6.42 Å². The topological polar surface area (TPSA) is 101 Å². The summed E-state index contributed by atoms with van der Waals surface area (Å²) in [6, 6.07) is 0.942. The number of nitrogens with zero attached hydrogens (tertiary/aromatic N) is 4. The van der Waals surface area contributed by atoms with Crippen molar-refractivity contribution in [1.82, 2.24) is 23.8 Å². The Morgan fingerprint density at radius 1 is 1.41 bits per heavy atom. The van der Waals surface area contributed by atoms with Crippen LogP contribution < -0.4 is 5.56 Å². The standard InChI is InChI=1S/C13H17N5O3S/c1-9-15-10(6-12(19)16-9)11-4-3-5-18(11)22(20,21)13-7-17(2)8-14-13/h6-8,11H,3-5H2,1-2H3,(H,15,16,19)/t11-/m1/s1. The maximum atomic E-state index is 12.7. The zero-order valence-corrected chi connectivity index (χ0v) is 13.2. The number of rotatable bonds is 3. The van der Waals surface area contributed by atoms with Crippen LogP contribution in [0.5, 0.6) is 0 Å². The lowest BCUT2D eigenvalue weighted by atomic mass is 10.1. The number of H-pyrrole nitrogens is 1. The maximum Gasteiger partial charge on any atom is 0.262 e. The molecule has 1 aliphatic heterocycles. The van der Waals surface area contributed by atoms with Crippen molar-refractivity contribution in [3.05, 3.63) is 40.5 Å². The molecule has 0 radical (unpaired) electrons. The molecule has 1 atom stereocenters. The summed E-state index contributed by atoms with van der Waals surface area (Å²) >= 11 is 0. The maximum absolute atomic E-state index is 12.7. The van der Waals surface area contributed by atoms with Gasteiger partial charge in [0.05, 0.1) is 18.1 Å². The van der Waals surface area contributed by atoms with Crippen molar-refractivity contribution in [2.75, 3.05) is 6.54 Å². The van der Waals surface area contributed by atoms with Gasteiger partial charge in [0.2, 0.25) is 0 Å². The van der Waals surface area contributed by atoms with E-state index in [-0.39, 0.29) is 10.6 Å². The van der Waals surface area contributed by atoms with Crippen LogP contribution in [0.4, 0.5) is 0 Å². The highest BCUT2D eigenvalue weighted by Gasteiger charge is 2.38. The van der Waals surface area contributed by atoms with Gasteiger partial charge in [-0.05, 0) is 19.8 Å². The van der Waals surface area contributed by atoms with Crippen LogP contribution in [0.15, 0.2) is 28.4 Å². The van der Waals surface area contributed by atoms with Crippen molar-refractivity contribution < 1.29 is 8.42 Å². The van der Waals surface area contributed by atoms with E-state index in [1.807, 2.05) is 0 Å². The zero-order chi connectivity index (χ0) is 15.9. The molecule has 0 unspecified atom stereocenters. The normalized spacial score (nSPS) is 19.6.